The summed E-state index contributed by atoms with van der Waals surface area (Å²) >= 11 is 0. The number of Topliss-reactive ketones (excluding diaryl/α,β-unsaturated/α-hetero) is 1. The molecule has 1 aliphatic rings. The van der Waals surface area contributed by atoms with Crippen molar-refractivity contribution < 1.29 is 19.3 Å². The lowest BCUT2D eigenvalue weighted by molar-refractivity contribution is -1.02. The molecule has 0 unspecified atom stereocenters. The minimum atomic E-state index is -0.0127. The summed E-state index contributed by atoms with van der Waals surface area (Å²) in [6, 6.07) is 18.0. The Bertz CT molecular complexity index is 914. The van der Waals surface area contributed by atoms with E-state index >= 15 is 0 Å². The van der Waals surface area contributed by atoms with Crippen molar-refractivity contribution in [2.24, 2.45) is 0 Å². The summed E-state index contributed by atoms with van der Waals surface area (Å²) in [5, 5.41) is 1.03. The van der Waals surface area contributed by atoms with E-state index in [0.717, 1.165) is 61.5 Å². The van der Waals surface area contributed by atoms with Gasteiger partial charge in [0.1, 0.15) is 51.1 Å². The van der Waals surface area contributed by atoms with Crippen LogP contribution in [0.3, 0.4) is 0 Å². The van der Waals surface area contributed by atoms with E-state index < -0.39 is 0 Å². The quantitative estimate of drug-likeness (QED) is 0.527. The van der Waals surface area contributed by atoms with E-state index in [2.05, 4.69) is 11.9 Å². The average Bonchev–Trinajstić information content (AvgIpc) is 3.18. The summed E-state index contributed by atoms with van der Waals surface area (Å²) in [4.78, 5) is 19.2. The monoisotopic (exact) mass is 379 g/mol. The first kappa shape index (κ1) is 18.7. The normalized spacial score (nSPS) is 20.8. The zero-order valence-corrected chi connectivity index (χ0v) is 16.4. The fourth-order valence-electron chi connectivity index (χ4n) is 4.13. The maximum Gasteiger partial charge on any atom is 0.221 e. The Kier molecular flexibility index (Phi) is 5.74. The smallest absolute Gasteiger partial charge is 0.221 e. The predicted octanol–water partition coefficient (Wildman–Crippen LogP) is 0.602. The lowest BCUT2D eigenvalue weighted by Crippen LogP contribution is -3.30. The first-order valence-electron chi connectivity index (χ1n) is 10.2. The molecule has 5 nitrogen and oxygen atoms in total. The topological polar surface area (TPSA) is 51.0 Å². The average molecular weight is 380 g/mol. The van der Waals surface area contributed by atoms with Crippen LogP contribution in [0.15, 0.2) is 60.8 Å². The van der Waals surface area contributed by atoms with Gasteiger partial charge >= 0.3 is 0 Å². The molecule has 0 saturated carbocycles. The molecule has 1 atom stereocenters. The first-order valence-corrected chi connectivity index (χ1v) is 10.2. The molecule has 1 aliphatic heterocycles. The fraction of sp³-hybridized carbons (Fsp3) is 0.348. The van der Waals surface area contributed by atoms with Gasteiger partial charge in [-0.1, -0.05) is 36.4 Å². The van der Waals surface area contributed by atoms with Gasteiger partial charge in [-0.05, 0) is 25.1 Å². The Morgan fingerprint density at radius 3 is 2.54 bits per heavy atom. The summed E-state index contributed by atoms with van der Waals surface area (Å²) in [6.45, 7) is 8.03. The molecule has 4 rings (SSSR count). The Morgan fingerprint density at radius 1 is 1.04 bits per heavy atom. The van der Waals surface area contributed by atoms with Crippen LogP contribution in [0.1, 0.15) is 17.3 Å². The second kappa shape index (κ2) is 8.59. The number of nitrogens with one attached hydrogen (secondary N) is 3. The number of para-hydroxylation sites is 2. The van der Waals surface area contributed by atoms with E-state index in [1.165, 1.54) is 4.90 Å². The third-order valence-corrected chi connectivity index (χ3v) is 5.93. The largest absolute Gasteiger partial charge is 0.488 e. The predicted molar refractivity (Wildman–Crippen MR) is 110 cm³/mol. The number of quaternary nitrogens is 2. The van der Waals surface area contributed by atoms with E-state index in [1.54, 1.807) is 4.90 Å². The van der Waals surface area contributed by atoms with E-state index in [9.17, 15) is 4.79 Å². The molecule has 0 amide bonds. The Hall–Kier alpha value is -2.63. The van der Waals surface area contributed by atoms with Crippen molar-refractivity contribution in [1.29, 1.82) is 0 Å². The van der Waals surface area contributed by atoms with Crippen molar-refractivity contribution in [3.8, 4) is 5.75 Å². The van der Waals surface area contributed by atoms with Crippen LogP contribution in [0, 0.1) is 0 Å². The van der Waals surface area contributed by atoms with Gasteiger partial charge in [0.15, 0.2) is 0 Å². The summed E-state index contributed by atoms with van der Waals surface area (Å²) < 4.78 is 5.83. The number of fused-ring (bicyclic) bond motifs is 1. The molecule has 3 N–H and O–H groups in total. The van der Waals surface area contributed by atoms with Crippen LogP contribution >= 0.6 is 0 Å². The van der Waals surface area contributed by atoms with Gasteiger partial charge in [-0.2, -0.15) is 0 Å². The molecular weight excluding hydrogens is 350 g/mol. The molecule has 1 saturated heterocycles. The molecule has 0 bridgehead atoms. The van der Waals surface area contributed by atoms with Crippen LogP contribution in [0.5, 0.6) is 5.75 Å². The number of benzene rings is 2. The maximum atomic E-state index is 13.1. The highest BCUT2D eigenvalue weighted by Gasteiger charge is 2.32. The standard InChI is InChI=1S/C23H27N3O2/c1-18(23(27)21-17-24-22-10-6-5-9-20(21)22)26-13-11-25(12-14-26)15-16-28-19-7-3-2-4-8-19/h2-10,17-18,24H,11-16H2,1H3/p+2/t18-/m0/s1. The van der Waals surface area contributed by atoms with E-state index in [-0.39, 0.29) is 11.8 Å². The Labute approximate surface area is 165 Å². The van der Waals surface area contributed by atoms with Crippen LogP contribution in [0.4, 0.5) is 0 Å². The number of carbonyl (C=O) groups excluding carboxylic acids is 1. The van der Waals surface area contributed by atoms with Gasteiger partial charge in [-0.25, -0.2) is 0 Å². The summed E-state index contributed by atoms with van der Waals surface area (Å²) in [5.74, 6) is 1.17. The van der Waals surface area contributed by atoms with Gasteiger partial charge in [0.2, 0.25) is 5.78 Å². The second-order valence-corrected chi connectivity index (χ2v) is 7.65. The van der Waals surface area contributed by atoms with Crippen LogP contribution in [-0.2, 0) is 0 Å². The van der Waals surface area contributed by atoms with Crippen molar-refractivity contribution in [1.82, 2.24) is 4.98 Å². The SMILES string of the molecule is C[C@@H](C(=O)c1c[nH]c2ccccc12)[NH+]1CC[NH+](CCOc2ccccc2)CC1. The van der Waals surface area contributed by atoms with Gasteiger partial charge in [0.25, 0.3) is 0 Å². The highest BCUT2D eigenvalue weighted by molar-refractivity contribution is 6.09. The van der Waals surface area contributed by atoms with Gasteiger partial charge in [0, 0.05) is 22.7 Å². The molecule has 2 heterocycles. The third kappa shape index (κ3) is 4.11. The zero-order chi connectivity index (χ0) is 19.3. The number of hydrogen-bond donors (Lipinski definition) is 3. The summed E-state index contributed by atoms with van der Waals surface area (Å²) in [6.07, 6.45) is 1.87. The van der Waals surface area contributed by atoms with Crippen molar-refractivity contribution in [3.63, 3.8) is 0 Å². The maximum absolute atomic E-state index is 13.1. The van der Waals surface area contributed by atoms with Crippen molar-refractivity contribution in [3.05, 3.63) is 66.4 Å². The second-order valence-electron chi connectivity index (χ2n) is 7.65. The number of rotatable bonds is 7. The summed E-state index contributed by atoms with van der Waals surface area (Å²) in [5.41, 5.74) is 1.85. The van der Waals surface area contributed by atoms with Gasteiger partial charge in [-0.15, -0.1) is 0 Å². The number of hydrogen-bond acceptors (Lipinski definition) is 2. The molecule has 0 radical (unpaired) electrons. The minimum Gasteiger partial charge on any atom is -0.488 e. The highest BCUT2D eigenvalue weighted by atomic mass is 16.5. The molecule has 1 aromatic heterocycles. The third-order valence-electron chi connectivity index (χ3n) is 5.93. The van der Waals surface area contributed by atoms with Crippen LogP contribution < -0.4 is 14.5 Å². The number of aromatic amines is 1. The van der Waals surface area contributed by atoms with Gasteiger partial charge in [0.05, 0.1) is 0 Å². The first-order chi connectivity index (χ1) is 13.7. The number of carbonyl (C=O) groups is 1. The summed E-state index contributed by atoms with van der Waals surface area (Å²) in [7, 11) is 0. The zero-order valence-electron chi connectivity index (χ0n) is 16.4. The van der Waals surface area contributed by atoms with E-state index in [1.807, 2.05) is 60.8 Å². The number of ether oxygens (including phenoxy) is 1. The van der Waals surface area contributed by atoms with Crippen LogP contribution in [-0.4, -0.2) is 56.1 Å². The molecule has 5 heteroatoms. The van der Waals surface area contributed by atoms with Crippen molar-refractivity contribution in [2.75, 3.05) is 39.3 Å². The fourth-order valence-corrected chi connectivity index (χ4v) is 4.13. The molecule has 0 spiro atoms. The molecule has 1 fully saturated rings. The van der Waals surface area contributed by atoms with Crippen LogP contribution in [0.25, 0.3) is 10.9 Å². The Balaban J connectivity index is 1.28. The number of aromatic nitrogens is 1. The molecule has 2 aromatic carbocycles. The lowest BCUT2D eigenvalue weighted by Gasteiger charge is -2.32. The molecular formula is C23H29N3O2+2. The number of ketones is 1. The molecule has 146 valence electrons. The lowest BCUT2D eigenvalue weighted by atomic mass is 10.0. The molecule has 3 aromatic rings. The van der Waals surface area contributed by atoms with Crippen molar-refractivity contribution in [2.45, 2.75) is 13.0 Å². The highest BCUT2D eigenvalue weighted by Crippen LogP contribution is 2.18. The van der Waals surface area contributed by atoms with E-state index in [0.29, 0.717) is 0 Å². The number of piperazine rings is 1. The van der Waals surface area contributed by atoms with E-state index in [4.69, 9.17) is 4.74 Å². The number of H-pyrrole nitrogens is 1. The van der Waals surface area contributed by atoms with Crippen LogP contribution in [0.2, 0.25) is 0 Å². The van der Waals surface area contributed by atoms with Gasteiger partial charge < -0.3 is 19.5 Å². The van der Waals surface area contributed by atoms with Crippen molar-refractivity contribution >= 4 is 16.7 Å². The Morgan fingerprint density at radius 2 is 1.75 bits per heavy atom. The molecule has 0 aliphatic carbocycles. The minimum absolute atomic E-state index is 0.0127. The van der Waals surface area contributed by atoms with Gasteiger partial charge in [-0.3, -0.25) is 4.79 Å². The molecule has 28 heavy (non-hydrogen) atoms.